The molecule has 1 aromatic carbocycles. The highest BCUT2D eigenvalue weighted by Gasteiger charge is 2.15. The molecule has 1 aliphatic rings. The molecule has 1 heterocycles. The summed E-state index contributed by atoms with van der Waals surface area (Å²) < 4.78 is 0. The van der Waals surface area contributed by atoms with E-state index in [1.54, 1.807) is 7.05 Å². The van der Waals surface area contributed by atoms with Gasteiger partial charge in [0.15, 0.2) is 0 Å². The molecule has 120 valence electrons. The van der Waals surface area contributed by atoms with Crippen molar-refractivity contribution in [3.63, 3.8) is 0 Å². The first-order valence-electron chi connectivity index (χ1n) is 8.09. The molecule has 1 aromatic heterocycles. The fourth-order valence-corrected chi connectivity index (χ4v) is 2.96. The van der Waals surface area contributed by atoms with Gasteiger partial charge in [-0.2, -0.15) is 0 Å². The number of fused-ring (bicyclic) bond motifs is 1. The van der Waals surface area contributed by atoms with Crippen LogP contribution in [0.5, 0.6) is 0 Å². The molecule has 0 fully saturated rings. The Labute approximate surface area is 136 Å². The Morgan fingerprint density at radius 3 is 2.52 bits per heavy atom. The van der Waals surface area contributed by atoms with E-state index in [1.165, 1.54) is 42.8 Å². The molecule has 1 aliphatic carbocycles. The summed E-state index contributed by atoms with van der Waals surface area (Å²) in [6.07, 6.45) is 7.92. The minimum absolute atomic E-state index is 0.0429. The largest absolute Gasteiger partial charge is 0.357 e. The maximum absolute atomic E-state index is 12.3. The molecule has 0 radical (unpaired) electrons. The van der Waals surface area contributed by atoms with E-state index in [9.17, 15) is 4.79 Å². The molecule has 0 spiro atoms. The molecule has 0 aliphatic heterocycles. The molecule has 5 heteroatoms. The first-order chi connectivity index (χ1) is 11.2. The van der Waals surface area contributed by atoms with Crippen LogP contribution in [0.3, 0.4) is 0 Å². The van der Waals surface area contributed by atoms with Gasteiger partial charge in [-0.25, -0.2) is 9.97 Å². The van der Waals surface area contributed by atoms with Crippen molar-refractivity contribution in [2.45, 2.75) is 38.6 Å². The quantitative estimate of drug-likeness (QED) is 0.911. The summed E-state index contributed by atoms with van der Waals surface area (Å²) >= 11 is 0. The molecule has 0 saturated heterocycles. The van der Waals surface area contributed by atoms with Crippen LogP contribution in [0.15, 0.2) is 30.6 Å². The van der Waals surface area contributed by atoms with Crippen molar-refractivity contribution < 1.29 is 4.79 Å². The first kappa shape index (κ1) is 15.5. The number of amides is 1. The summed E-state index contributed by atoms with van der Waals surface area (Å²) in [5.41, 5.74) is 4.49. The highest BCUT2D eigenvalue weighted by atomic mass is 16.1. The second-order valence-corrected chi connectivity index (χ2v) is 5.98. The Kier molecular flexibility index (Phi) is 4.55. The van der Waals surface area contributed by atoms with E-state index in [-0.39, 0.29) is 11.9 Å². The average molecular weight is 310 g/mol. The molecule has 0 bridgehead atoms. The first-order valence-corrected chi connectivity index (χ1v) is 8.09. The molecule has 0 saturated carbocycles. The number of nitrogens with one attached hydrogen (secondary N) is 2. The van der Waals surface area contributed by atoms with E-state index in [1.807, 2.05) is 6.92 Å². The summed E-state index contributed by atoms with van der Waals surface area (Å²) in [7, 11) is 1.74. The van der Waals surface area contributed by atoms with Crippen molar-refractivity contribution in [2.24, 2.45) is 0 Å². The highest BCUT2D eigenvalue weighted by molar-refractivity contribution is 5.93. The Morgan fingerprint density at radius 1 is 1.13 bits per heavy atom. The van der Waals surface area contributed by atoms with Crippen LogP contribution in [0, 0.1) is 0 Å². The molecular weight excluding hydrogens is 288 g/mol. The number of aromatic nitrogens is 2. The Balaban J connectivity index is 1.70. The zero-order chi connectivity index (χ0) is 16.2. The molecule has 2 N–H and O–H groups in total. The van der Waals surface area contributed by atoms with Crippen molar-refractivity contribution >= 4 is 11.9 Å². The summed E-state index contributed by atoms with van der Waals surface area (Å²) in [5.74, 6) is 0.349. The predicted octanol–water partition coefficient (Wildman–Crippen LogP) is 2.89. The molecule has 1 amide bonds. The average Bonchev–Trinajstić information content (AvgIpc) is 2.61. The molecule has 0 unspecified atom stereocenters. The monoisotopic (exact) mass is 310 g/mol. The maximum atomic E-state index is 12.3. The number of hydrogen-bond donors (Lipinski definition) is 2. The standard InChI is InChI=1S/C18H22N4O/c1-12(14-8-7-13-5-3-4-6-15(13)9-14)22-17(23)16-10-20-18(19-2)21-11-16/h7-12H,3-6H2,1-2H3,(H,22,23)(H,19,20,21)/t12-/m0/s1. The van der Waals surface area contributed by atoms with E-state index >= 15 is 0 Å². The number of rotatable bonds is 4. The smallest absolute Gasteiger partial charge is 0.254 e. The van der Waals surface area contributed by atoms with Gasteiger partial charge in [-0.3, -0.25) is 4.79 Å². The lowest BCUT2D eigenvalue weighted by atomic mass is 9.89. The van der Waals surface area contributed by atoms with Gasteiger partial charge in [0.2, 0.25) is 5.95 Å². The van der Waals surface area contributed by atoms with E-state index in [4.69, 9.17) is 0 Å². The fraction of sp³-hybridized carbons (Fsp3) is 0.389. The number of hydrogen-bond acceptors (Lipinski definition) is 4. The Bertz CT molecular complexity index is 697. The molecule has 5 nitrogen and oxygen atoms in total. The summed E-state index contributed by atoms with van der Waals surface area (Å²) in [6.45, 7) is 2.01. The van der Waals surface area contributed by atoms with Crippen LogP contribution in [0.25, 0.3) is 0 Å². The summed E-state index contributed by atoms with van der Waals surface area (Å²) in [6, 6.07) is 6.52. The molecular formula is C18H22N4O. The Morgan fingerprint density at radius 2 is 1.83 bits per heavy atom. The van der Waals surface area contributed by atoms with Crippen LogP contribution in [-0.2, 0) is 12.8 Å². The number of carbonyl (C=O) groups is 1. The van der Waals surface area contributed by atoms with Crippen LogP contribution >= 0.6 is 0 Å². The van der Waals surface area contributed by atoms with Gasteiger partial charge >= 0.3 is 0 Å². The van der Waals surface area contributed by atoms with Gasteiger partial charge in [0.1, 0.15) is 0 Å². The SMILES string of the molecule is CNc1ncc(C(=O)N[C@@H](C)c2ccc3c(c2)CCCC3)cn1. The number of aryl methyl sites for hydroxylation is 2. The van der Waals surface area contributed by atoms with Crippen LogP contribution in [0.2, 0.25) is 0 Å². The van der Waals surface area contributed by atoms with E-state index < -0.39 is 0 Å². The van der Waals surface area contributed by atoms with Gasteiger partial charge in [-0.15, -0.1) is 0 Å². The zero-order valence-electron chi connectivity index (χ0n) is 13.6. The number of benzene rings is 1. The van der Waals surface area contributed by atoms with Gasteiger partial charge in [0, 0.05) is 19.4 Å². The van der Waals surface area contributed by atoms with E-state index in [0.29, 0.717) is 11.5 Å². The van der Waals surface area contributed by atoms with Crippen LogP contribution in [0.1, 0.15) is 52.9 Å². The third-order valence-corrected chi connectivity index (χ3v) is 4.36. The van der Waals surface area contributed by atoms with Gasteiger partial charge < -0.3 is 10.6 Å². The summed E-state index contributed by atoms with van der Waals surface area (Å²) in [5, 5.41) is 5.85. The zero-order valence-corrected chi connectivity index (χ0v) is 13.6. The topological polar surface area (TPSA) is 66.9 Å². The minimum Gasteiger partial charge on any atom is -0.357 e. The van der Waals surface area contributed by atoms with E-state index in [2.05, 4.69) is 38.8 Å². The van der Waals surface area contributed by atoms with Crippen molar-refractivity contribution in [3.8, 4) is 0 Å². The second kappa shape index (κ2) is 6.77. The van der Waals surface area contributed by atoms with Crippen molar-refractivity contribution in [3.05, 3.63) is 52.8 Å². The maximum Gasteiger partial charge on any atom is 0.254 e. The molecule has 2 aromatic rings. The third kappa shape index (κ3) is 3.50. The predicted molar refractivity (Wildman–Crippen MR) is 90.5 cm³/mol. The normalized spacial score (nSPS) is 14.7. The third-order valence-electron chi connectivity index (χ3n) is 4.36. The lowest BCUT2D eigenvalue weighted by molar-refractivity contribution is 0.0939. The fourth-order valence-electron chi connectivity index (χ4n) is 2.96. The van der Waals surface area contributed by atoms with Gasteiger partial charge in [-0.05, 0) is 49.3 Å². The van der Waals surface area contributed by atoms with E-state index in [0.717, 1.165) is 12.0 Å². The van der Waals surface area contributed by atoms with Crippen LogP contribution in [0.4, 0.5) is 5.95 Å². The second-order valence-electron chi connectivity index (χ2n) is 5.98. The van der Waals surface area contributed by atoms with Crippen LogP contribution < -0.4 is 10.6 Å². The highest BCUT2D eigenvalue weighted by Crippen LogP contribution is 2.24. The van der Waals surface area contributed by atoms with Gasteiger partial charge in [0.25, 0.3) is 5.91 Å². The van der Waals surface area contributed by atoms with Crippen molar-refractivity contribution in [2.75, 3.05) is 12.4 Å². The van der Waals surface area contributed by atoms with Gasteiger partial charge in [-0.1, -0.05) is 18.2 Å². The van der Waals surface area contributed by atoms with Gasteiger partial charge in [0.05, 0.1) is 11.6 Å². The Hall–Kier alpha value is -2.43. The number of carbonyl (C=O) groups excluding carboxylic acids is 1. The number of nitrogens with zero attached hydrogens (tertiary/aromatic N) is 2. The molecule has 1 atom stereocenters. The van der Waals surface area contributed by atoms with Crippen molar-refractivity contribution in [1.29, 1.82) is 0 Å². The minimum atomic E-state index is -0.155. The molecule has 3 rings (SSSR count). The number of anilines is 1. The van der Waals surface area contributed by atoms with Crippen molar-refractivity contribution in [1.82, 2.24) is 15.3 Å². The molecule has 23 heavy (non-hydrogen) atoms. The lowest BCUT2D eigenvalue weighted by Gasteiger charge is -2.20. The van der Waals surface area contributed by atoms with Crippen LogP contribution in [-0.4, -0.2) is 22.9 Å². The lowest BCUT2D eigenvalue weighted by Crippen LogP contribution is -2.27. The summed E-state index contributed by atoms with van der Waals surface area (Å²) in [4.78, 5) is 20.5.